The normalized spacial score (nSPS) is 13.6. The van der Waals surface area contributed by atoms with Crippen molar-refractivity contribution in [2.75, 3.05) is 20.3 Å². The third-order valence-corrected chi connectivity index (χ3v) is 11.0. The molecule has 0 amide bonds. The number of rotatable bonds is 43. The van der Waals surface area contributed by atoms with Gasteiger partial charge in [0.25, 0.3) is 0 Å². The number of phosphoric acid groups is 1. The summed E-state index contributed by atoms with van der Waals surface area (Å²) >= 11 is 0. The van der Waals surface area contributed by atoms with E-state index in [2.05, 4.69) is 54.8 Å². The summed E-state index contributed by atoms with van der Waals surface area (Å²) in [6.07, 6.45) is 50.6. The first-order valence-electron chi connectivity index (χ1n) is 23.2. The van der Waals surface area contributed by atoms with E-state index in [0.29, 0.717) is 12.8 Å². The molecule has 9 heteroatoms. The van der Waals surface area contributed by atoms with Crippen LogP contribution in [0.3, 0.4) is 0 Å². The number of hydrogen-bond acceptors (Lipinski definition) is 7. The SMILES string of the molecule is CCCC/C=C\C/C=C\CCCCCCCC(=O)OC(COC(=O)CCCCCCCCCCCCC/C=C\CCCCCCCCCC)COP(=O)(O)OC. The molecule has 0 aromatic heterocycles. The number of hydrogen-bond donors (Lipinski definition) is 1. The molecule has 0 bridgehead atoms. The number of carbonyl (C=O) groups excluding carboxylic acids is 2. The van der Waals surface area contributed by atoms with E-state index in [4.69, 9.17) is 14.0 Å². The van der Waals surface area contributed by atoms with Gasteiger partial charge in [-0.1, -0.05) is 185 Å². The average Bonchev–Trinajstić information content (AvgIpc) is 3.19. The van der Waals surface area contributed by atoms with E-state index in [1.807, 2.05) is 0 Å². The first-order chi connectivity index (χ1) is 27.3. The molecule has 0 saturated heterocycles. The number of carbonyl (C=O) groups is 2. The second-order valence-corrected chi connectivity index (χ2v) is 17.1. The third kappa shape index (κ3) is 41.9. The third-order valence-electron chi connectivity index (χ3n) is 10.1. The summed E-state index contributed by atoms with van der Waals surface area (Å²) in [6, 6.07) is 0. The fourth-order valence-corrected chi connectivity index (χ4v) is 6.95. The van der Waals surface area contributed by atoms with Crippen LogP contribution >= 0.6 is 7.82 Å². The van der Waals surface area contributed by atoms with Gasteiger partial charge in [0.05, 0.1) is 6.61 Å². The molecule has 2 unspecified atom stereocenters. The lowest BCUT2D eigenvalue weighted by Gasteiger charge is -2.19. The van der Waals surface area contributed by atoms with Gasteiger partial charge in [0, 0.05) is 20.0 Å². The van der Waals surface area contributed by atoms with Crippen LogP contribution in [-0.2, 0) is 32.7 Å². The van der Waals surface area contributed by atoms with Crippen molar-refractivity contribution < 1.29 is 37.6 Å². The minimum absolute atomic E-state index is 0.229. The molecular weight excluding hydrogens is 723 g/mol. The molecule has 8 nitrogen and oxygen atoms in total. The molecule has 56 heavy (non-hydrogen) atoms. The van der Waals surface area contributed by atoms with Crippen LogP contribution in [0.25, 0.3) is 0 Å². The van der Waals surface area contributed by atoms with E-state index in [1.165, 1.54) is 128 Å². The van der Waals surface area contributed by atoms with E-state index in [1.54, 1.807) is 0 Å². The van der Waals surface area contributed by atoms with Crippen LogP contribution < -0.4 is 0 Å². The van der Waals surface area contributed by atoms with Gasteiger partial charge in [0.1, 0.15) is 6.61 Å². The van der Waals surface area contributed by atoms with Crippen molar-refractivity contribution in [2.45, 2.75) is 232 Å². The number of unbranched alkanes of at least 4 members (excludes halogenated alkanes) is 26. The van der Waals surface area contributed by atoms with E-state index in [-0.39, 0.29) is 19.0 Å². The molecule has 0 aliphatic rings. The Labute approximate surface area is 345 Å². The molecule has 1 N–H and O–H groups in total. The fourth-order valence-electron chi connectivity index (χ4n) is 6.49. The summed E-state index contributed by atoms with van der Waals surface area (Å²) in [5, 5.41) is 0. The van der Waals surface area contributed by atoms with Crippen LogP contribution in [0, 0.1) is 0 Å². The second kappa shape index (κ2) is 42.9. The van der Waals surface area contributed by atoms with Crippen LogP contribution in [0.5, 0.6) is 0 Å². The summed E-state index contributed by atoms with van der Waals surface area (Å²) in [5.41, 5.74) is 0. The molecule has 0 aliphatic carbocycles. The van der Waals surface area contributed by atoms with Gasteiger partial charge in [-0.2, -0.15) is 0 Å². The molecular formula is C47H87O8P. The molecule has 0 spiro atoms. The number of esters is 2. The highest BCUT2D eigenvalue weighted by Crippen LogP contribution is 2.42. The Hall–Kier alpha value is -1.73. The quantitative estimate of drug-likeness (QED) is 0.0281. The summed E-state index contributed by atoms with van der Waals surface area (Å²) in [5.74, 6) is -0.816. The predicted octanol–water partition coefficient (Wildman–Crippen LogP) is 14.8. The zero-order valence-electron chi connectivity index (χ0n) is 36.5. The van der Waals surface area contributed by atoms with Gasteiger partial charge >= 0.3 is 19.8 Å². The van der Waals surface area contributed by atoms with Crippen LogP contribution in [-0.4, -0.2) is 43.3 Å². The van der Waals surface area contributed by atoms with E-state index < -0.39 is 26.5 Å². The van der Waals surface area contributed by atoms with Crippen molar-refractivity contribution >= 4 is 19.8 Å². The van der Waals surface area contributed by atoms with Crippen molar-refractivity contribution in [1.29, 1.82) is 0 Å². The first-order valence-corrected chi connectivity index (χ1v) is 24.7. The first kappa shape index (κ1) is 54.3. The van der Waals surface area contributed by atoms with Crippen LogP contribution in [0.2, 0.25) is 0 Å². The van der Waals surface area contributed by atoms with Crippen molar-refractivity contribution in [1.82, 2.24) is 0 Å². The maximum absolute atomic E-state index is 12.5. The number of phosphoric ester groups is 1. The van der Waals surface area contributed by atoms with Gasteiger partial charge in [-0.05, 0) is 64.2 Å². The molecule has 2 atom stereocenters. The molecule has 0 aromatic rings. The summed E-state index contributed by atoms with van der Waals surface area (Å²) in [4.78, 5) is 34.5. The Kier molecular flexibility index (Phi) is 41.5. The topological polar surface area (TPSA) is 108 Å². The lowest BCUT2D eigenvalue weighted by atomic mass is 10.0. The molecule has 0 saturated carbocycles. The van der Waals surface area contributed by atoms with Crippen molar-refractivity contribution in [3.63, 3.8) is 0 Å². The van der Waals surface area contributed by atoms with Gasteiger partial charge in [-0.25, -0.2) is 4.57 Å². The Morgan fingerprint density at radius 2 is 0.875 bits per heavy atom. The zero-order valence-corrected chi connectivity index (χ0v) is 37.4. The molecule has 0 rings (SSSR count). The van der Waals surface area contributed by atoms with Crippen molar-refractivity contribution in [3.8, 4) is 0 Å². The van der Waals surface area contributed by atoms with Gasteiger partial charge in [0.15, 0.2) is 6.10 Å². The van der Waals surface area contributed by atoms with Crippen LogP contribution in [0.4, 0.5) is 0 Å². The van der Waals surface area contributed by atoms with Gasteiger partial charge in [0.2, 0.25) is 0 Å². The highest BCUT2D eigenvalue weighted by molar-refractivity contribution is 7.47. The largest absolute Gasteiger partial charge is 0.472 e. The van der Waals surface area contributed by atoms with E-state index in [0.717, 1.165) is 71.3 Å². The Morgan fingerprint density at radius 3 is 1.32 bits per heavy atom. The van der Waals surface area contributed by atoms with Crippen LogP contribution in [0.1, 0.15) is 226 Å². The van der Waals surface area contributed by atoms with Gasteiger partial charge in [-0.3, -0.25) is 18.6 Å². The molecule has 328 valence electrons. The summed E-state index contributed by atoms with van der Waals surface area (Å²) < 4.78 is 32.0. The zero-order chi connectivity index (χ0) is 41.1. The fraction of sp³-hybridized carbons (Fsp3) is 0.830. The number of allylic oxidation sites excluding steroid dienone is 6. The molecule has 0 radical (unpaired) electrons. The van der Waals surface area contributed by atoms with E-state index >= 15 is 0 Å². The Balaban J connectivity index is 3.91. The minimum atomic E-state index is -4.27. The van der Waals surface area contributed by atoms with Crippen LogP contribution in [0.15, 0.2) is 36.5 Å². The predicted molar refractivity (Wildman–Crippen MR) is 235 cm³/mol. The standard InChI is InChI=1S/C47H87O8P/c1-4-6-8-10-12-14-16-18-20-21-22-23-24-25-26-27-28-30-31-33-35-37-39-41-46(48)53-43-45(44-54-56(50,51)52-3)55-47(49)42-40-38-36-34-32-29-19-17-15-13-11-9-7-5-2/h11,13,17,19,21-22,45H,4-10,12,14-16,18,20,23-44H2,1-3H3,(H,50,51)/b13-11-,19-17-,22-21-. The van der Waals surface area contributed by atoms with Crippen molar-refractivity contribution in [3.05, 3.63) is 36.5 Å². The van der Waals surface area contributed by atoms with Crippen molar-refractivity contribution in [2.24, 2.45) is 0 Å². The van der Waals surface area contributed by atoms with E-state index in [9.17, 15) is 19.0 Å². The highest BCUT2D eigenvalue weighted by atomic mass is 31.2. The second-order valence-electron chi connectivity index (χ2n) is 15.5. The molecule has 0 aromatic carbocycles. The Bertz CT molecular complexity index is 1010. The molecule has 0 aliphatic heterocycles. The monoisotopic (exact) mass is 811 g/mol. The lowest BCUT2D eigenvalue weighted by molar-refractivity contribution is -0.161. The maximum Gasteiger partial charge on any atom is 0.472 e. The lowest BCUT2D eigenvalue weighted by Crippen LogP contribution is -2.29. The smallest absolute Gasteiger partial charge is 0.462 e. The minimum Gasteiger partial charge on any atom is -0.462 e. The van der Waals surface area contributed by atoms with Gasteiger partial charge in [-0.15, -0.1) is 0 Å². The molecule has 0 fully saturated rings. The Morgan fingerprint density at radius 1 is 0.500 bits per heavy atom. The maximum atomic E-state index is 12.5. The summed E-state index contributed by atoms with van der Waals surface area (Å²) in [6.45, 7) is 3.85. The van der Waals surface area contributed by atoms with Gasteiger partial charge < -0.3 is 14.4 Å². The average molecular weight is 811 g/mol. The highest BCUT2D eigenvalue weighted by Gasteiger charge is 2.24. The number of ether oxygens (including phenoxy) is 2. The summed E-state index contributed by atoms with van der Waals surface area (Å²) in [7, 11) is -3.20. The molecule has 0 heterocycles.